The molecule has 1 aliphatic rings. The molecule has 1 fully saturated rings. The molecule has 0 radical (unpaired) electrons. The van der Waals surface area contributed by atoms with Crippen LogP contribution in [0.4, 0.5) is 0 Å². The maximum absolute atomic E-state index is 12.2. The Morgan fingerprint density at radius 1 is 1.21 bits per heavy atom. The van der Waals surface area contributed by atoms with Crippen LogP contribution in [-0.4, -0.2) is 34.5 Å². The lowest BCUT2D eigenvalue weighted by Gasteiger charge is -2.22. The number of carboxylic acids is 1. The van der Waals surface area contributed by atoms with E-state index in [0.29, 0.717) is 13.0 Å². The molecule has 28 heavy (non-hydrogen) atoms. The number of allylic oxidation sites excluding steroid dienone is 5. The van der Waals surface area contributed by atoms with Gasteiger partial charge in [-0.05, 0) is 64.2 Å². The highest BCUT2D eigenvalue weighted by molar-refractivity contribution is 5.87. The number of nitrogens with zero attached hydrogens (tertiary/aromatic N) is 1. The van der Waals surface area contributed by atoms with Gasteiger partial charge in [-0.1, -0.05) is 47.6 Å². The first-order chi connectivity index (χ1) is 13.4. The highest BCUT2D eigenvalue weighted by atomic mass is 16.4. The second-order valence-corrected chi connectivity index (χ2v) is 7.66. The summed E-state index contributed by atoms with van der Waals surface area (Å²) < 4.78 is 0. The molecule has 2 rings (SSSR count). The third-order valence-electron chi connectivity index (χ3n) is 5.02. The van der Waals surface area contributed by atoms with Crippen molar-refractivity contribution in [3.05, 3.63) is 70.8 Å². The Labute approximate surface area is 168 Å². The first kappa shape index (κ1) is 21.7. The van der Waals surface area contributed by atoms with Gasteiger partial charge >= 0.3 is 5.97 Å². The quantitative estimate of drug-likeness (QED) is 0.474. The maximum atomic E-state index is 12.2. The summed E-state index contributed by atoms with van der Waals surface area (Å²) in [5.74, 6) is -0.725. The SMILES string of the molecule is CC(C)=CCCC(C)=CC=CC1CCC(=O)N1CCc1ccc(C(=O)O)cc1. The molecule has 0 saturated carbocycles. The van der Waals surface area contributed by atoms with Gasteiger partial charge in [0.2, 0.25) is 5.91 Å². The summed E-state index contributed by atoms with van der Waals surface area (Å²) in [6, 6.07) is 7.03. The molecular formula is C24H31NO3. The van der Waals surface area contributed by atoms with E-state index in [1.807, 2.05) is 17.0 Å². The molecule has 0 spiro atoms. The Balaban J connectivity index is 1.89. The van der Waals surface area contributed by atoms with Crippen LogP contribution in [0.3, 0.4) is 0 Å². The summed E-state index contributed by atoms with van der Waals surface area (Å²) in [4.78, 5) is 25.1. The molecule has 4 nitrogen and oxygen atoms in total. The Bertz CT molecular complexity index is 768. The number of benzene rings is 1. The maximum Gasteiger partial charge on any atom is 0.335 e. The second-order valence-electron chi connectivity index (χ2n) is 7.66. The van der Waals surface area contributed by atoms with Crippen LogP contribution in [0.1, 0.15) is 62.4 Å². The number of hydrogen-bond donors (Lipinski definition) is 1. The van der Waals surface area contributed by atoms with Gasteiger partial charge in [-0.3, -0.25) is 4.79 Å². The average Bonchev–Trinajstić information content (AvgIpc) is 2.99. The van der Waals surface area contributed by atoms with Crippen LogP contribution < -0.4 is 0 Å². The molecule has 1 amide bonds. The molecule has 1 aromatic rings. The fourth-order valence-electron chi connectivity index (χ4n) is 3.33. The van der Waals surface area contributed by atoms with E-state index in [9.17, 15) is 9.59 Å². The minimum atomic E-state index is -0.921. The van der Waals surface area contributed by atoms with Crippen molar-refractivity contribution in [2.75, 3.05) is 6.54 Å². The number of carbonyl (C=O) groups is 2. The van der Waals surface area contributed by atoms with Crippen LogP contribution in [0.25, 0.3) is 0 Å². The third kappa shape index (κ3) is 6.84. The normalized spacial score (nSPS) is 17.4. The molecule has 1 aromatic carbocycles. The van der Waals surface area contributed by atoms with Gasteiger partial charge in [0.25, 0.3) is 0 Å². The van der Waals surface area contributed by atoms with Crippen molar-refractivity contribution in [1.82, 2.24) is 4.90 Å². The van der Waals surface area contributed by atoms with E-state index in [2.05, 4.69) is 45.1 Å². The predicted octanol–water partition coefficient (Wildman–Crippen LogP) is 5.17. The van der Waals surface area contributed by atoms with E-state index in [-0.39, 0.29) is 17.5 Å². The lowest BCUT2D eigenvalue weighted by atomic mass is 10.1. The van der Waals surface area contributed by atoms with Crippen molar-refractivity contribution < 1.29 is 14.7 Å². The monoisotopic (exact) mass is 381 g/mol. The molecule has 0 bridgehead atoms. The summed E-state index contributed by atoms with van der Waals surface area (Å²) in [7, 11) is 0. The van der Waals surface area contributed by atoms with Crippen molar-refractivity contribution in [1.29, 1.82) is 0 Å². The summed E-state index contributed by atoms with van der Waals surface area (Å²) in [6.45, 7) is 7.03. The lowest BCUT2D eigenvalue weighted by Crippen LogP contribution is -2.33. The first-order valence-electron chi connectivity index (χ1n) is 9.96. The molecule has 150 valence electrons. The Kier molecular flexibility index (Phi) is 8.24. The minimum absolute atomic E-state index is 0.146. The van der Waals surface area contributed by atoms with E-state index in [1.165, 1.54) is 11.1 Å². The summed E-state index contributed by atoms with van der Waals surface area (Å²) in [6.07, 6.45) is 12.9. The Morgan fingerprint density at radius 2 is 1.93 bits per heavy atom. The molecular weight excluding hydrogens is 350 g/mol. The van der Waals surface area contributed by atoms with Crippen LogP contribution >= 0.6 is 0 Å². The Morgan fingerprint density at radius 3 is 2.57 bits per heavy atom. The van der Waals surface area contributed by atoms with Crippen molar-refractivity contribution in [2.45, 2.75) is 58.9 Å². The topological polar surface area (TPSA) is 57.6 Å². The highest BCUT2D eigenvalue weighted by Gasteiger charge is 2.28. The molecule has 1 saturated heterocycles. The predicted molar refractivity (Wildman–Crippen MR) is 113 cm³/mol. The van der Waals surface area contributed by atoms with Crippen molar-refractivity contribution in [2.24, 2.45) is 0 Å². The molecule has 1 aliphatic heterocycles. The summed E-state index contributed by atoms with van der Waals surface area (Å²) in [5.41, 5.74) is 4.01. The molecule has 1 heterocycles. The molecule has 1 unspecified atom stereocenters. The zero-order valence-electron chi connectivity index (χ0n) is 17.1. The number of carbonyl (C=O) groups excluding carboxylic acids is 1. The number of amides is 1. The zero-order valence-corrected chi connectivity index (χ0v) is 17.1. The van der Waals surface area contributed by atoms with Crippen LogP contribution in [0.15, 0.2) is 59.7 Å². The van der Waals surface area contributed by atoms with Crippen molar-refractivity contribution in [3.8, 4) is 0 Å². The van der Waals surface area contributed by atoms with Crippen LogP contribution in [0.5, 0.6) is 0 Å². The third-order valence-corrected chi connectivity index (χ3v) is 5.02. The number of hydrogen-bond acceptors (Lipinski definition) is 2. The van der Waals surface area contributed by atoms with E-state index in [4.69, 9.17) is 5.11 Å². The van der Waals surface area contributed by atoms with E-state index < -0.39 is 5.97 Å². The average molecular weight is 382 g/mol. The lowest BCUT2D eigenvalue weighted by molar-refractivity contribution is -0.128. The molecule has 4 heteroatoms. The molecule has 1 atom stereocenters. The second kappa shape index (κ2) is 10.6. The van der Waals surface area contributed by atoms with Gasteiger partial charge < -0.3 is 10.0 Å². The highest BCUT2D eigenvalue weighted by Crippen LogP contribution is 2.21. The van der Waals surface area contributed by atoms with Gasteiger partial charge in [0.15, 0.2) is 0 Å². The number of carboxylic acid groups (broad SMARTS) is 1. The standard InChI is InChI=1S/C24H31NO3/c1-18(2)6-4-7-19(3)8-5-9-22-14-15-23(26)25(22)17-16-20-10-12-21(13-11-20)24(27)28/h5-6,8-13,22H,4,7,14-17H2,1-3H3,(H,27,28). The van der Waals surface area contributed by atoms with Crippen LogP contribution in [0, 0.1) is 0 Å². The van der Waals surface area contributed by atoms with Gasteiger partial charge in [-0.15, -0.1) is 0 Å². The van der Waals surface area contributed by atoms with Crippen LogP contribution in [-0.2, 0) is 11.2 Å². The largest absolute Gasteiger partial charge is 0.478 e. The van der Waals surface area contributed by atoms with E-state index >= 15 is 0 Å². The minimum Gasteiger partial charge on any atom is -0.478 e. The van der Waals surface area contributed by atoms with Crippen molar-refractivity contribution in [3.63, 3.8) is 0 Å². The number of aromatic carboxylic acids is 1. The molecule has 1 N–H and O–H groups in total. The van der Waals surface area contributed by atoms with Gasteiger partial charge in [0, 0.05) is 13.0 Å². The van der Waals surface area contributed by atoms with E-state index in [1.54, 1.807) is 12.1 Å². The van der Waals surface area contributed by atoms with Gasteiger partial charge in [0.05, 0.1) is 11.6 Å². The van der Waals surface area contributed by atoms with Gasteiger partial charge in [0.1, 0.15) is 0 Å². The Hall–Kier alpha value is -2.62. The van der Waals surface area contributed by atoms with Crippen LogP contribution in [0.2, 0.25) is 0 Å². The first-order valence-corrected chi connectivity index (χ1v) is 9.96. The number of rotatable bonds is 9. The zero-order chi connectivity index (χ0) is 20.5. The summed E-state index contributed by atoms with van der Waals surface area (Å²) >= 11 is 0. The van der Waals surface area contributed by atoms with Crippen molar-refractivity contribution >= 4 is 11.9 Å². The van der Waals surface area contributed by atoms with E-state index in [0.717, 1.165) is 31.2 Å². The fraction of sp³-hybridized carbons (Fsp3) is 0.417. The molecule has 0 aromatic heterocycles. The number of likely N-dealkylation sites (tertiary alicyclic amines) is 1. The van der Waals surface area contributed by atoms with Gasteiger partial charge in [-0.2, -0.15) is 0 Å². The summed E-state index contributed by atoms with van der Waals surface area (Å²) in [5, 5.41) is 8.97. The fourth-order valence-corrected chi connectivity index (χ4v) is 3.33. The smallest absolute Gasteiger partial charge is 0.335 e. The molecule has 0 aliphatic carbocycles. The van der Waals surface area contributed by atoms with Gasteiger partial charge in [-0.25, -0.2) is 4.79 Å².